The third-order valence-electron chi connectivity index (χ3n) is 7.37. The maximum Gasteiger partial charge on any atom is 0.253 e. The van der Waals surface area contributed by atoms with Crippen molar-refractivity contribution in [2.24, 2.45) is 5.92 Å². The van der Waals surface area contributed by atoms with Crippen LogP contribution in [0.1, 0.15) is 53.1 Å². The molecule has 0 bridgehead atoms. The number of H-pyrrole nitrogens is 1. The first kappa shape index (κ1) is 24.7. The largest absolute Gasteiger partial charge is 0.497 e. The van der Waals surface area contributed by atoms with Crippen LogP contribution in [-0.4, -0.2) is 24.5 Å². The predicted octanol–water partition coefficient (Wildman–Crippen LogP) is 6.97. The van der Waals surface area contributed by atoms with Crippen molar-refractivity contribution in [2.75, 3.05) is 13.7 Å². The topological polar surface area (TPSA) is 63.4 Å². The number of hydrogen-bond acceptors (Lipinski definition) is 3. The van der Waals surface area contributed by atoms with Crippen LogP contribution in [0.3, 0.4) is 0 Å². The standard InChI is InChI=1S/C32H34N2O3/c1-36-29-9-5-8-27(18-29)30-20-33-21-31(30)32(35)34-19-23-10-12-25(13-11-23)26-14-16-28(17-15-26)37-22-24-6-3-2-4-7-24/h2-9,14-18,20-21,23,25,33H,10-13,19,22H2,1H3,(H,34,35). The van der Waals surface area contributed by atoms with Crippen molar-refractivity contribution >= 4 is 5.91 Å². The molecule has 5 rings (SSSR count). The molecule has 1 fully saturated rings. The highest BCUT2D eigenvalue weighted by molar-refractivity contribution is 6.00. The number of amides is 1. The summed E-state index contributed by atoms with van der Waals surface area (Å²) in [5.74, 6) is 2.72. The Morgan fingerprint density at radius 2 is 1.68 bits per heavy atom. The summed E-state index contributed by atoms with van der Waals surface area (Å²) in [7, 11) is 1.65. The van der Waals surface area contributed by atoms with Gasteiger partial charge in [-0.1, -0.05) is 54.6 Å². The van der Waals surface area contributed by atoms with Crippen molar-refractivity contribution in [1.29, 1.82) is 0 Å². The fraction of sp³-hybridized carbons (Fsp3) is 0.281. The summed E-state index contributed by atoms with van der Waals surface area (Å²) in [5.41, 5.74) is 5.06. The Morgan fingerprint density at radius 1 is 0.892 bits per heavy atom. The van der Waals surface area contributed by atoms with Gasteiger partial charge in [-0.3, -0.25) is 4.79 Å². The highest BCUT2D eigenvalue weighted by Crippen LogP contribution is 2.36. The zero-order valence-corrected chi connectivity index (χ0v) is 21.3. The van der Waals surface area contributed by atoms with Gasteiger partial charge in [0.25, 0.3) is 5.91 Å². The third-order valence-corrected chi connectivity index (χ3v) is 7.37. The second-order valence-corrected chi connectivity index (χ2v) is 9.79. The Balaban J connectivity index is 1.09. The zero-order valence-electron chi connectivity index (χ0n) is 21.3. The lowest BCUT2D eigenvalue weighted by Crippen LogP contribution is -2.31. The number of benzene rings is 3. The Kier molecular flexibility index (Phi) is 7.90. The number of ether oxygens (including phenoxy) is 2. The van der Waals surface area contributed by atoms with Gasteiger partial charge in [0.1, 0.15) is 18.1 Å². The molecule has 1 aromatic heterocycles. The van der Waals surface area contributed by atoms with Gasteiger partial charge in [-0.25, -0.2) is 0 Å². The summed E-state index contributed by atoms with van der Waals surface area (Å²) < 4.78 is 11.3. The Hall–Kier alpha value is -3.99. The van der Waals surface area contributed by atoms with Gasteiger partial charge in [-0.15, -0.1) is 0 Å². The quantitative estimate of drug-likeness (QED) is 0.264. The summed E-state index contributed by atoms with van der Waals surface area (Å²) >= 11 is 0. The number of carbonyl (C=O) groups excluding carboxylic acids is 1. The van der Waals surface area contributed by atoms with Crippen LogP contribution in [0.15, 0.2) is 91.3 Å². The van der Waals surface area contributed by atoms with Crippen LogP contribution in [0, 0.1) is 5.92 Å². The number of aromatic nitrogens is 1. The molecule has 0 radical (unpaired) electrons. The van der Waals surface area contributed by atoms with E-state index in [1.165, 1.54) is 11.1 Å². The average Bonchev–Trinajstić information content (AvgIpc) is 3.46. The van der Waals surface area contributed by atoms with Crippen LogP contribution in [0.5, 0.6) is 11.5 Å². The lowest BCUT2D eigenvalue weighted by atomic mass is 9.78. The first-order valence-electron chi connectivity index (χ1n) is 13.1. The summed E-state index contributed by atoms with van der Waals surface area (Å²) in [6.45, 7) is 1.29. The van der Waals surface area contributed by atoms with E-state index in [9.17, 15) is 4.79 Å². The van der Waals surface area contributed by atoms with Crippen molar-refractivity contribution in [2.45, 2.75) is 38.2 Å². The van der Waals surface area contributed by atoms with Crippen LogP contribution in [0.4, 0.5) is 0 Å². The first-order valence-corrected chi connectivity index (χ1v) is 13.1. The normalized spacial score (nSPS) is 17.2. The van der Waals surface area contributed by atoms with Crippen LogP contribution >= 0.6 is 0 Å². The van der Waals surface area contributed by atoms with E-state index in [0.717, 1.165) is 48.3 Å². The van der Waals surface area contributed by atoms with Gasteiger partial charge >= 0.3 is 0 Å². The van der Waals surface area contributed by atoms with Crippen molar-refractivity contribution < 1.29 is 14.3 Å². The van der Waals surface area contributed by atoms with Crippen molar-refractivity contribution in [3.05, 3.63) is 108 Å². The lowest BCUT2D eigenvalue weighted by molar-refractivity contribution is 0.0943. The molecule has 2 N–H and O–H groups in total. The van der Waals surface area contributed by atoms with Crippen LogP contribution < -0.4 is 14.8 Å². The van der Waals surface area contributed by atoms with Gasteiger partial charge in [0, 0.05) is 24.5 Å². The minimum atomic E-state index is -0.0349. The Bertz CT molecular complexity index is 1290. The van der Waals surface area contributed by atoms with Gasteiger partial charge in [-0.2, -0.15) is 0 Å². The molecular weight excluding hydrogens is 460 g/mol. The SMILES string of the molecule is COc1cccc(-c2c[nH]cc2C(=O)NCC2CCC(c3ccc(OCc4ccccc4)cc3)CC2)c1. The third kappa shape index (κ3) is 6.23. The molecule has 3 aromatic carbocycles. The molecular formula is C32H34N2O3. The van der Waals surface area contributed by atoms with Crippen molar-refractivity contribution in [3.8, 4) is 22.6 Å². The molecule has 1 saturated carbocycles. The second kappa shape index (κ2) is 11.8. The molecule has 1 amide bonds. The molecule has 37 heavy (non-hydrogen) atoms. The molecule has 5 heteroatoms. The average molecular weight is 495 g/mol. The van der Waals surface area contributed by atoms with E-state index < -0.39 is 0 Å². The number of aromatic amines is 1. The molecule has 0 spiro atoms. The molecule has 1 heterocycles. The van der Waals surface area contributed by atoms with E-state index in [-0.39, 0.29) is 5.91 Å². The smallest absolute Gasteiger partial charge is 0.253 e. The van der Waals surface area contributed by atoms with Crippen molar-refractivity contribution in [1.82, 2.24) is 10.3 Å². The molecule has 1 aliphatic carbocycles. The van der Waals surface area contributed by atoms with Crippen LogP contribution in [0.25, 0.3) is 11.1 Å². The molecule has 4 aromatic rings. The lowest BCUT2D eigenvalue weighted by Gasteiger charge is -2.29. The van der Waals surface area contributed by atoms with E-state index in [1.54, 1.807) is 13.3 Å². The Morgan fingerprint density at radius 3 is 2.43 bits per heavy atom. The van der Waals surface area contributed by atoms with E-state index in [2.05, 4.69) is 46.7 Å². The molecule has 0 aliphatic heterocycles. The maximum atomic E-state index is 13.0. The summed E-state index contributed by atoms with van der Waals surface area (Å²) in [4.78, 5) is 16.1. The Labute approximate surface area is 218 Å². The van der Waals surface area contributed by atoms with Gasteiger partial charge in [-0.05, 0) is 78.5 Å². The summed E-state index contributed by atoms with van der Waals surface area (Å²) in [5, 5.41) is 3.18. The maximum absolute atomic E-state index is 13.0. The van der Waals surface area contributed by atoms with E-state index >= 15 is 0 Å². The number of nitrogens with one attached hydrogen (secondary N) is 2. The molecule has 1 aliphatic rings. The molecule has 0 saturated heterocycles. The van der Waals surface area contributed by atoms with Gasteiger partial charge < -0.3 is 19.8 Å². The number of methoxy groups -OCH3 is 1. The van der Waals surface area contributed by atoms with Gasteiger partial charge in [0.15, 0.2) is 0 Å². The highest BCUT2D eigenvalue weighted by Gasteiger charge is 2.23. The monoisotopic (exact) mass is 494 g/mol. The fourth-order valence-electron chi connectivity index (χ4n) is 5.19. The molecule has 0 atom stereocenters. The van der Waals surface area contributed by atoms with Crippen molar-refractivity contribution in [3.63, 3.8) is 0 Å². The number of rotatable bonds is 9. The minimum absolute atomic E-state index is 0.0349. The number of hydrogen-bond donors (Lipinski definition) is 2. The zero-order chi connectivity index (χ0) is 25.5. The van der Waals surface area contributed by atoms with Crippen LogP contribution in [0.2, 0.25) is 0 Å². The summed E-state index contributed by atoms with van der Waals surface area (Å²) in [6.07, 6.45) is 8.16. The predicted molar refractivity (Wildman–Crippen MR) is 147 cm³/mol. The molecule has 5 nitrogen and oxygen atoms in total. The molecule has 0 unspecified atom stereocenters. The summed E-state index contributed by atoms with van der Waals surface area (Å²) in [6, 6.07) is 26.6. The van der Waals surface area contributed by atoms with Crippen LogP contribution in [-0.2, 0) is 6.61 Å². The number of carbonyl (C=O) groups is 1. The second-order valence-electron chi connectivity index (χ2n) is 9.79. The van der Waals surface area contributed by atoms with E-state index in [1.807, 2.05) is 48.7 Å². The van der Waals surface area contributed by atoms with E-state index in [4.69, 9.17) is 9.47 Å². The van der Waals surface area contributed by atoms with E-state index in [0.29, 0.717) is 30.6 Å². The van der Waals surface area contributed by atoms with Gasteiger partial charge in [0.05, 0.1) is 12.7 Å². The van der Waals surface area contributed by atoms with Gasteiger partial charge in [0.2, 0.25) is 0 Å². The first-order chi connectivity index (χ1) is 18.2. The fourth-order valence-corrected chi connectivity index (χ4v) is 5.19. The molecule has 190 valence electrons. The highest BCUT2D eigenvalue weighted by atomic mass is 16.5. The minimum Gasteiger partial charge on any atom is -0.497 e.